The number of tetrazole rings is 1. The van der Waals surface area contributed by atoms with Gasteiger partial charge in [-0.1, -0.05) is 6.92 Å². The largest absolute Gasteiger partial charge is 0.384 e. The molecule has 1 heterocycles. The van der Waals surface area contributed by atoms with Crippen molar-refractivity contribution in [3.05, 3.63) is 5.82 Å². The van der Waals surface area contributed by atoms with Crippen molar-refractivity contribution in [3.63, 3.8) is 0 Å². The van der Waals surface area contributed by atoms with Crippen LogP contribution in [0.2, 0.25) is 0 Å². The number of ether oxygens (including phenoxy) is 1. The highest BCUT2D eigenvalue weighted by molar-refractivity contribution is 5.05. The predicted octanol–water partition coefficient (Wildman–Crippen LogP) is 4.90. The summed E-state index contributed by atoms with van der Waals surface area (Å²) in [7, 11) is 1.88. The van der Waals surface area contributed by atoms with Crippen LogP contribution in [0.25, 0.3) is 0 Å². The van der Waals surface area contributed by atoms with Crippen LogP contribution in [0.1, 0.15) is 77.0 Å². The van der Waals surface area contributed by atoms with Gasteiger partial charge in [0, 0.05) is 13.7 Å². The van der Waals surface area contributed by atoms with E-state index in [0.29, 0.717) is 5.41 Å². The number of hydrogen-bond donors (Lipinski definition) is 0. The lowest BCUT2D eigenvalue weighted by Gasteiger charge is -2.56. The number of methoxy groups -OCH3 is 1. The molecule has 4 fully saturated rings. The van der Waals surface area contributed by atoms with Crippen molar-refractivity contribution in [3.8, 4) is 0 Å². The van der Waals surface area contributed by atoms with Gasteiger partial charge in [0.05, 0.1) is 6.54 Å². The molecular weight excluding hydrogens is 360 g/mol. The van der Waals surface area contributed by atoms with Crippen molar-refractivity contribution < 1.29 is 4.74 Å². The van der Waals surface area contributed by atoms with Crippen LogP contribution < -0.4 is 0 Å². The number of rotatable bonds is 5. The zero-order chi connectivity index (χ0) is 20.0. The number of aryl methyl sites for hydroxylation is 2. The Morgan fingerprint density at radius 2 is 1.90 bits per heavy atom. The molecule has 0 amide bonds. The fourth-order valence-electron chi connectivity index (χ4n) is 8.61. The van der Waals surface area contributed by atoms with E-state index in [4.69, 9.17) is 4.74 Å². The lowest BCUT2D eigenvalue weighted by atomic mass is 9.49. The number of hydrogen-bond acceptors (Lipinski definition) is 4. The number of fused-ring (bicyclic) bond motifs is 5. The molecule has 5 rings (SSSR count). The first-order chi connectivity index (χ1) is 14.1. The lowest BCUT2D eigenvalue weighted by Crippen LogP contribution is -2.48. The van der Waals surface area contributed by atoms with Gasteiger partial charge in [-0.3, -0.25) is 0 Å². The molecule has 0 bridgehead atoms. The van der Waals surface area contributed by atoms with E-state index in [1.54, 1.807) is 0 Å². The summed E-state index contributed by atoms with van der Waals surface area (Å²) in [4.78, 5) is 1.82. The number of aromatic nitrogens is 4. The zero-order valence-electron chi connectivity index (χ0n) is 18.7. The minimum absolute atomic E-state index is 0.552. The second kappa shape index (κ2) is 7.94. The van der Waals surface area contributed by atoms with E-state index in [0.717, 1.165) is 60.4 Å². The minimum atomic E-state index is 0.552. The normalized spacial score (nSPS) is 44.2. The minimum Gasteiger partial charge on any atom is -0.384 e. The van der Waals surface area contributed by atoms with Crippen LogP contribution in [0.15, 0.2) is 0 Å². The van der Waals surface area contributed by atoms with Crippen molar-refractivity contribution in [1.82, 2.24) is 20.2 Å². The summed E-state index contributed by atoms with van der Waals surface area (Å²) < 4.78 is 5.49. The van der Waals surface area contributed by atoms with Gasteiger partial charge in [0.2, 0.25) is 0 Å². The Labute approximate surface area is 176 Å². The maximum atomic E-state index is 5.49. The lowest BCUT2D eigenvalue weighted by molar-refractivity contribution is -0.0728. The Morgan fingerprint density at radius 3 is 2.69 bits per heavy atom. The molecule has 1 aromatic rings. The molecule has 5 heteroatoms. The molecule has 4 saturated carbocycles. The van der Waals surface area contributed by atoms with E-state index in [1.807, 2.05) is 18.8 Å². The molecular formula is C24H40N4O. The molecule has 0 radical (unpaired) electrons. The number of nitrogens with zero attached hydrogens (tertiary/aromatic N) is 4. The third-order valence-corrected chi connectivity index (χ3v) is 9.89. The Balaban J connectivity index is 1.24. The van der Waals surface area contributed by atoms with Crippen molar-refractivity contribution in [1.29, 1.82) is 0 Å². The molecule has 29 heavy (non-hydrogen) atoms. The molecule has 4 aliphatic rings. The van der Waals surface area contributed by atoms with Crippen LogP contribution in [-0.2, 0) is 11.3 Å². The predicted molar refractivity (Wildman–Crippen MR) is 113 cm³/mol. The summed E-state index contributed by atoms with van der Waals surface area (Å²) >= 11 is 0. The van der Waals surface area contributed by atoms with E-state index in [1.165, 1.54) is 64.2 Å². The standard InChI is InChI=1S/C24H40N4O/c1-16-25-27-28(26-16)13-11-19-6-9-23-22-8-5-18-14-17(15-29-3)4-7-20(18)21(22)10-12-24(19,23)2/h17-23H,4-15H2,1-3H3/t17-,18?,19+,20-,21?,22+,23?,24+/m0/s1. The van der Waals surface area contributed by atoms with E-state index >= 15 is 0 Å². The van der Waals surface area contributed by atoms with Crippen molar-refractivity contribution >= 4 is 0 Å². The van der Waals surface area contributed by atoms with E-state index in [-0.39, 0.29) is 0 Å². The fourth-order valence-corrected chi connectivity index (χ4v) is 8.61. The van der Waals surface area contributed by atoms with Gasteiger partial charge in [-0.15, -0.1) is 10.2 Å². The molecule has 162 valence electrons. The van der Waals surface area contributed by atoms with Gasteiger partial charge in [-0.2, -0.15) is 4.80 Å². The summed E-state index contributed by atoms with van der Waals surface area (Å²) in [6.45, 7) is 6.50. The van der Waals surface area contributed by atoms with Gasteiger partial charge in [-0.25, -0.2) is 0 Å². The molecule has 8 atom stereocenters. The van der Waals surface area contributed by atoms with Gasteiger partial charge in [0.25, 0.3) is 0 Å². The van der Waals surface area contributed by atoms with Crippen LogP contribution in [0.5, 0.6) is 0 Å². The molecule has 1 aromatic heterocycles. The van der Waals surface area contributed by atoms with Crippen LogP contribution in [-0.4, -0.2) is 33.9 Å². The summed E-state index contributed by atoms with van der Waals surface area (Å²) in [6.07, 6.45) is 14.4. The Morgan fingerprint density at radius 1 is 1.03 bits per heavy atom. The van der Waals surface area contributed by atoms with Crippen molar-refractivity contribution in [2.24, 2.45) is 46.8 Å². The molecule has 3 unspecified atom stereocenters. The third kappa shape index (κ3) is 3.55. The van der Waals surface area contributed by atoms with Gasteiger partial charge in [0.15, 0.2) is 5.82 Å². The topological polar surface area (TPSA) is 52.8 Å². The monoisotopic (exact) mass is 400 g/mol. The first-order valence-electron chi connectivity index (χ1n) is 12.3. The highest BCUT2D eigenvalue weighted by atomic mass is 16.5. The first kappa shape index (κ1) is 20.0. The van der Waals surface area contributed by atoms with E-state index < -0.39 is 0 Å². The first-order valence-corrected chi connectivity index (χ1v) is 12.3. The van der Waals surface area contributed by atoms with E-state index in [2.05, 4.69) is 22.3 Å². The molecule has 5 nitrogen and oxygen atoms in total. The van der Waals surface area contributed by atoms with Gasteiger partial charge >= 0.3 is 0 Å². The van der Waals surface area contributed by atoms with Crippen molar-refractivity contribution in [2.75, 3.05) is 13.7 Å². The Bertz CT molecular complexity index is 705. The van der Waals surface area contributed by atoms with Gasteiger partial charge in [-0.05, 0) is 123 Å². The Kier molecular flexibility index (Phi) is 5.46. The molecule has 0 aliphatic heterocycles. The average molecular weight is 401 g/mol. The average Bonchev–Trinajstić information content (AvgIpc) is 3.28. The third-order valence-electron chi connectivity index (χ3n) is 9.89. The maximum Gasteiger partial charge on any atom is 0.171 e. The van der Waals surface area contributed by atoms with Gasteiger partial charge < -0.3 is 4.74 Å². The molecule has 0 N–H and O–H groups in total. The molecule has 0 aromatic carbocycles. The van der Waals surface area contributed by atoms with Crippen LogP contribution in [0.4, 0.5) is 0 Å². The zero-order valence-corrected chi connectivity index (χ0v) is 18.7. The van der Waals surface area contributed by atoms with Crippen molar-refractivity contribution in [2.45, 2.75) is 84.6 Å². The fraction of sp³-hybridized carbons (Fsp3) is 0.958. The van der Waals surface area contributed by atoms with Gasteiger partial charge in [0.1, 0.15) is 0 Å². The highest BCUT2D eigenvalue weighted by Crippen LogP contribution is 2.64. The highest BCUT2D eigenvalue weighted by Gasteiger charge is 2.56. The second-order valence-corrected chi connectivity index (χ2v) is 11.1. The van der Waals surface area contributed by atoms with Crippen LogP contribution in [0.3, 0.4) is 0 Å². The molecule has 0 saturated heterocycles. The van der Waals surface area contributed by atoms with Crippen LogP contribution >= 0.6 is 0 Å². The molecule has 0 spiro atoms. The SMILES string of the molecule is COC[C@H]1CC[C@H]2C(CC[C@@H]3C2CC[C@@]2(C)C3CC[C@@H]2CCn2nnc(C)n2)C1. The Hall–Kier alpha value is -0.970. The second-order valence-electron chi connectivity index (χ2n) is 11.1. The molecule has 4 aliphatic carbocycles. The van der Waals surface area contributed by atoms with Crippen LogP contribution in [0, 0.1) is 53.8 Å². The maximum absolute atomic E-state index is 5.49. The van der Waals surface area contributed by atoms with E-state index in [9.17, 15) is 0 Å². The quantitative estimate of drug-likeness (QED) is 0.705. The summed E-state index contributed by atoms with van der Waals surface area (Å²) in [5.74, 6) is 7.47. The smallest absolute Gasteiger partial charge is 0.171 e. The summed E-state index contributed by atoms with van der Waals surface area (Å²) in [6, 6.07) is 0. The summed E-state index contributed by atoms with van der Waals surface area (Å²) in [5, 5.41) is 12.7. The summed E-state index contributed by atoms with van der Waals surface area (Å²) in [5.41, 5.74) is 0.552.